The fraction of sp³-hybridized carbons (Fsp3) is 0. The second-order valence-electron chi connectivity index (χ2n) is 4.99. The molecule has 0 amide bonds. The predicted molar refractivity (Wildman–Crippen MR) is 82.9 cm³/mol. The lowest BCUT2D eigenvalue weighted by Gasteiger charge is -1.98. The normalized spacial score (nSPS) is 11.1. The van der Waals surface area contributed by atoms with Gasteiger partial charge >= 0.3 is 0 Å². The van der Waals surface area contributed by atoms with E-state index in [1.807, 2.05) is 18.2 Å². The molecule has 0 saturated carbocycles. The first-order chi connectivity index (χ1) is 11.1. The Bertz CT molecular complexity index is 1060. The van der Waals surface area contributed by atoms with Gasteiger partial charge < -0.3 is 4.42 Å². The Labute approximate surface area is 128 Å². The Kier molecular flexibility index (Phi) is 2.74. The highest BCUT2D eigenvalue weighted by Gasteiger charge is 2.19. The van der Waals surface area contributed by atoms with E-state index in [0.29, 0.717) is 16.8 Å². The lowest BCUT2D eigenvalue weighted by Crippen LogP contribution is -2.14. The summed E-state index contributed by atoms with van der Waals surface area (Å²) < 4.78 is 6.83. The maximum Gasteiger partial charge on any atom is 0.284 e. The van der Waals surface area contributed by atoms with Crippen molar-refractivity contribution in [3.05, 3.63) is 75.1 Å². The minimum atomic E-state index is -0.496. The van der Waals surface area contributed by atoms with Crippen LogP contribution in [0.25, 0.3) is 28.1 Å². The van der Waals surface area contributed by atoms with Gasteiger partial charge in [0.05, 0.1) is 10.6 Å². The molecule has 2 aromatic rings. The fourth-order valence-corrected chi connectivity index (χ4v) is 2.44. The summed E-state index contributed by atoms with van der Waals surface area (Å²) in [5.41, 5.74) is 1.06. The Morgan fingerprint density at radius 1 is 1.09 bits per heavy atom. The summed E-state index contributed by atoms with van der Waals surface area (Å²) in [5.74, 6) is 0.229. The highest BCUT2D eigenvalue weighted by Crippen LogP contribution is 2.25. The van der Waals surface area contributed by atoms with Crippen molar-refractivity contribution in [3.8, 4) is 17.1 Å². The molecule has 2 aromatic carbocycles. The number of fused-ring (bicyclic) bond motifs is 2. The molecule has 0 atom stereocenters. The average Bonchev–Trinajstić information content (AvgIpc) is 2.89. The first kappa shape index (κ1) is 13.2. The van der Waals surface area contributed by atoms with E-state index < -0.39 is 4.92 Å². The minimum absolute atomic E-state index is 0.0478. The molecular weight excluding hydrogens is 298 g/mol. The van der Waals surface area contributed by atoms with Gasteiger partial charge in [0.2, 0.25) is 5.89 Å². The third-order valence-electron chi connectivity index (χ3n) is 3.57. The maximum absolute atomic E-state index is 12.5. The second-order valence-corrected chi connectivity index (χ2v) is 4.99. The van der Waals surface area contributed by atoms with Gasteiger partial charge in [-0.15, -0.1) is 5.10 Å². The standard InChI is InChI=1S/C16H9N3O4/c20-16-13-9-10-3-1-2-4-14(10)23-15(13)17-18(16)11-5-7-12(8-6-11)19(21)22/h1-9H. The van der Waals surface area contributed by atoms with E-state index in [2.05, 4.69) is 5.10 Å². The van der Waals surface area contributed by atoms with E-state index in [0.717, 1.165) is 5.39 Å². The molecule has 2 aliphatic heterocycles. The minimum Gasteiger partial charge on any atom is -0.436 e. The van der Waals surface area contributed by atoms with Crippen LogP contribution in [0.4, 0.5) is 5.69 Å². The van der Waals surface area contributed by atoms with Gasteiger partial charge in [-0.2, -0.15) is 4.68 Å². The van der Waals surface area contributed by atoms with Gasteiger partial charge in [-0.3, -0.25) is 14.9 Å². The van der Waals surface area contributed by atoms with Crippen LogP contribution in [0.2, 0.25) is 0 Å². The van der Waals surface area contributed by atoms with Crippen molar-refractivity contribution in [3.63, 3.8) is 0 Å². The Morgan fingerprint density at radius 3 is 2.57 bits per heavy atom. The molecule has 0 radical (unpaired) electrons. The van der Waals surface area contributed by atoms with E-state index in [9.17, 15) is 14.9 Å². The van der Waals surface area contributed by atoms with Crippen molar-refractivity contribution < 1.29 is 9.34 Å². The van der Waals surface area contributed by atoms with E-state index in [1.54, 1.807) is 12.1 Å². The number of rotatable bonds is 2. The highest BCUT2D eigenvalue weighted by molar-refractivity contribution is 5.81. The number of non-ortho nitro benzene ring substituents is 1. The van der Waals surface area contributed by atoms with Gasteiger partial charge in [0.25, 0.3) is 11.2 Å². The van der Waals surface area contributed by atoms with Crippen molar-refractivity contribution in [2.75, 3.05) is 0 Å². The highest BCUT2D eigenvalue weighted by atomic mass is 16.6. The SMILES string of the molecule is O=c1c2cc3ccccc3oc-2nn1-c1ccc([N+](=O)[O-])cc1. The molecular formula is C16H9N3O4. The molecule has 0 aliphatic carbocycles. The van der Waals surface area contributed by atoms with Gasteiger partial charge in [-0.05, 0) is 24.3 Å². The Balaban J connectivity index is 1.92. The third-order valence-corrected chi connectivity index (χ3v) is 3.57. The van der Waals surface area contributed by atoms with Crippen LogP contribution in [0.5, 0.6) is 0 Å². The van der Waals surface area contributed by atoms with Crippen LogP contribution >= 0.6 is 0 Å². The number of aromatic nitrogens is 2. The van der Waals surface area contributed by atoms with Crippen LogP contribution in [-0.4, -0.2) is 14.7 Å². The predicted octanol–water partition coefficient (Wildman–Crippen LogP) is 2.99. The van der Waals surface area contributed by atoms with E-state index in [1.165, 1.54) is 28.9 Å². The number of hydrogen-bond donors (Lipinski definition) is 0. The average molecular weight is 307 g/mol. The van der Waals surface area contributed by atoms with E-state index in [-0.39, 0.29) is 17.1 Å². The quantitative estimate of drug-likeness (QED) is 0.419. The number of para-hydroxylation sites is 1. The molecule has 4 rings (SSSR count). The van der Waals surface area contributed by atoms with Gasteiger partial charge in [-0.25, -0.2) is 0 Å². The lowest BCUT2D eigenvalue weighted by molar-refractivity contribution is -0.384. The van der Waals surface area contributed by atoms with Crippen LogP contribution in [0.1, 0.15) is 0 Å². The summed E-state index contributed by atoms with van der Waals surface area (Å²) in [6.45, 7) is 0. The number of nitro groups is 1. The van der Waals surface area contributed by atoms with Gasteiger partial charge in [0, 0.05) is 17.5 Å². The summed E-state index contributed by atoms with van der Waals surface area (Å²) in [6.07, 6.45) is 0. The maximum atomic E-state index is 12.5. The zero-order valence-electron chi connectivity index (χ0n) is 11.7. The topological polar surface area (TPSA) is 91.2 Å². The molecule has 0 N–H and O–H groups in total. The lowest BCUT2D eigenvalue weighted by atomic mass is 10.2. The fourth-order valence-electron chi connectivity index (χ4n) is 2.44. The van der Waals surface area contributed by atoms with Gasteiger partial charge in [0.1, 0.15) is 11.1 Å². The smallest absolute Gasteiger partial charge is 0.284 e. The number of nitro benzene ring substituents is 1. The van der Waals surface area contributed by atoms with Gasteiger partial charge in [-0.1, -0.05) is 18.2 Å². The van der Waals surface area contributed by atoms with Crippen molar-refractivity contribution in [2.45, 2.75) is 0 Å². The number of hydrogen-bond acceptors (Lipinski definition) is 5. The molecule has 0 spiro atoms. The summed E-state index contributed by atoms with van der Waals surface area (Å²) in [7, 11) is 0. The van der Waals surface area contributed by atoms with Crippen molar-refractivity contribution in [2.24, 2.45) is 0 Å². The Hall–Kier alpha value is -3.48. The molecule has 112 valence electrons. The van der Waals surface area contributed by atoms with Crippen molar-refractivity contribution in [1.82, 2.24) is 9.78 Å². The molecule has 7 nitrogen and oxygen atoms in total. The molecule has 0 fully saturated rings. The van der Waals surface area contributed by atoms with Crippen LogP contribution in [-0.2, 0) is 0 Å². The zero-order chi connectivity index (χ0) is 16.0. The van der Waals surface area contributed by atoms with Crippen molar-refractivity contribution >= 4 is 16.7 Å². The molecule has 0 saturated heterocycles. The first-order valence-corrected chi connectivity index (χ1v) is 6.80. The zero-order valence-corrected chi connectivity index (χ0v) is 11.7. The second kappa shape index (κ2) is 4.77. The third kappa shape index (κ3) is 2.06. The molecule has 2 aliphatic rings. The molecule has 7 heteroatoms. The molecule has 0 aromatic heterocycles. The Morgan fingerprint density at radius 2 is 1.83 bits per heavy atom. The number of benzene rings is 2. The van der Waals surface area contributed by atoms with Gasteiger partial charge in [0.15, 0.2) is 0 Å². The summed E-state index contributed by atoms with van der Waals surface area (Å²) in [6, 6.07) is 14.7. The van der Waals surface area contributed by atoms with E-state index in [4.69, 9.17) is 4.42 Å². The van der Waals surface area contributed by atoms with Crippen LogP contribution in [0.15, 0.2) is 63.8 Å². The van der Waals surface area contributed by atoms with Crippen LogP contribution in [0, 0.1) is 10.1 Å². The summed E-state index contributed by atoms with van der Waals surface area (Å²) in [4.78, 5) is 22.7. The summed E-state index contributed by atoms with van der Waals surface area (Å²) >= 11 is 0. The van der Waals surface area contributed by atoms with Crippen LogP contribution < -0.4 is 5.56 Å². The first-order valence-electron chi connectivity index (χ1n) is 6.80. The molecule has 2 heterocycles. The van der Waals surface area contributed by atoms with E-state index >= 15 is 0 Å². The molecule has 23 heavy (non-hydrogen) atoms. The summed E-state index contributed by atoms with van der Waals surface area (Å²) in [5, 5.41) is 15.7. The van der Waals surface area contributed by atoms with Crippen molar-refractivity contribution in [1.29, 1.82) is 0 Å². The monoisotopic (exact) mass is 307 g/mol. The van der Waals surface area contributed by atoms with Crippen LogP contribution in [0.3, 0.4) is 0 Å². The molecule has 0 unspecified atom stereocenters. The largest absolute Gasteiger partial charge is 0.436 e. The number of nitrogens with zero attached hydrogens (tertiary/aromatic N) is 3. The molecule has 0 bridgehead atoms.